The molecular weight excluding hydrogens is 228 g/mol. The Hall–Kier alpha value is -1.81. The molecule has 0 unspecified atom stereocenters. The number of aromatic carboxylic acids is 1. The second kappa shape index (κ2) is 4.82. The van der Waals surface area contributed by atoms with Crippen molar-refractivity contribution in [1.29, 1.82) is 0 Å². The van der Waals surface area contributed by atoms with E-state index in [9.17, 15) is 4.79 Å². The Morgan fingerprint density at radius 3 is 2.72 bits per heavy atom. The topological polar surface area (TPSA) is 79.1 Å². The molecule has 0 spiro atoms. The molecule has 96 valence electrons. The number of fused-ring (bicyclic) bond motifs is 1. The summed E-state index contributed by atoms with van der Waals surface area (Å²) >= 11 is 0. The van der Waals surface area contributed by atoms with Crippen LogP contribution in [0.4, 0.5) is 0 Å². The number of carbonyl (C=O) groups is 1. The van der Waals surface area contributed by atoms with Gasteiger partial charge in [0.25, 0.3) is 0 Å². The quantitative estimate of drug-likeness (QED) is 0.775. The summed E-state index contributed by atoms with van der Waals surface area (Å²) in [6, 6.07) is 3.67. The molecule has 0 atom stereocenters. The van der Waals surface area contributed by atoms with Gasteiger partial charge in [-0.1, -0.05) is 0 Å². The van der Waals surface area contributed by atoms with Crippen LogP contribution in [-0.2, 0) is 6.42 Å². The Balaban J connectivity index is 2.58. The van der Waals surface area contributed by atoms with Crippen molar-refractivity contribution in [3.63, 3.8) is 0 Å². The van der Waals surface area contributed by atoms with Gasteiger partial charge in [0.15, 0.2) is 0 Å². The number of hydrogen-bond acceptors (Lipinski definition) is 2. The third kappa shape index (κ3) is 2.11. The second-order valence-corrected chi connectivity index (χ2v) is 4.64. The van der Waals surface area contributed by atoms with Crippen LogP contribution in [0.3, 0.4) is 0 Å². The average molecular weight is 246 g/mol. The molecule has 2 aromatic rings. The Morgan fingerprint density at radius 1 is 1.39 bits per heavy atom. The molecule has 0 saturated heterocycles. The SMILES string of the molecule is Cc1cc2c(CCCN)c(C)[nH]c2cc1C(=O)O. The Kier molecular flexibility index (Phi) is 3.39. The molecule has 0 aliphatic carbocycles. The van der Waals surface area contributed by atoms with E-state index in [0.717, 1.165) is 35.0 Å². The fourth-order valence-corrected chi connectivity index (χ4v) is 2.37. The number of aromatic nitrogens is 1. The van der Waals surface area contributed by atoms with Gasteiger partial charge in [-0.3, -0.25) is 0 Å². The second-order valence-electron chi connectivity index (χ2n) is 4.64. The van der Waals surface area contributed by atoms with Crippen molar-refractivity contribution >= 4 is 16.9 Å². The highest BCUT2D eigenvalue weighted by atomic mass is 16.4. The molecule has 0 saturated carbocycles. The third-order valence-electron chi connectivity index (χ3n) is 3.33. The maximum absolute atomic E-state index is 11.1. The third-order valence-corrected chi connectivity index (χ3v) is 3.33. The van der Waals surface area contributed by atoms with E-state index in [1.807, 2.05) is 19.9 Å². The van der Waals surface area contributed by atoms with E-state index in [4.69, 9.17) is 10.8 Å². The number of carboxylic acid groups (broad SMARTS) is 1. The molecule has 1 aromatic heterocycles. The van der Waals surface area contributed by atoms with Crippen LogP contribution < -0.4 is 5.73 Å². The summed E-state index contributed by atoms with van der Waals surface area (Å²) in [7, 11) is 0. The monoisotopic (exact) mass is 246 g/mol. The molecule has 1 aromatic carbocycles. The number of rotatable bonds is 4. The van der Waals surface area contributed by atoms with Gasteiger partial charge in [0.2, 0.25) is 0 Å². The molecule has 4 nitrogen and oxygen atoms in total. The molecule has 1 heterocycles. The summed E-state index contributed by atoms with van der Waals surface area (Å²) in [5.74, 6) is -0.884. The lowest BCUT2D eigenvalue weighted by Crippen LogP contribution is -2.01. The van der Waals surface area contributed by atoms with E-state index < -0.39 is 5.97 Å². The van der Waals surface area contributed by atoms with E-state index in [2.05, 4.69) is 4.98 Å². The highest BCUT2D eigenvalue weighted by molar-refractivity contribution is 5.96. The van der Waals surface area contributed by atoms with E-state index in [0.29, 0.717) is 12.1 Å². The first kappa shape index (κ1) is 12.6. The predicted octanol–water partition coefficient (Wildman–Crippen LogP) is 2.37. The van der Waals surface area contributed by atoms with Crippen LogP contribution in [0.15, 0.2) is 12.1 Å². The molecule has 4 N–H and O–H groups in total. The summed E-state index contributed by atoms with van der Waals surface area (Å²) in [6.45, 7) is 4.51. The molecule has 2 rings (SSSR count). The van der Waals surface area contributed by atoms with Crippen LogP contribution in [0.1, 0.15) is 33.6 Å². The maximum Gasteiger partial charge on any atom is 0.336 e. The number of hydrogen-bond donors (Lipinski definition) is 3. The van der Waals surface area contributed by atoms with Crippen molar-refractivity contribution in [3.05, 3.63) is 34.5 Å². The summed E-state index contributed by atoms with van der Waals surface area (Å²) in [6.07, 6.45) is 1.86. The van der Waals surface area contributed by atoms with Gasteiger partial charge in [0.1, 0.15) is 0 Å². The van der Waals surface area contributed by atoms with Crippen molar-refractivity contribution < 1.29 is 9.90 Å². The molecule has 0 bridgehead atoms. The molecule has 4 heteroatoms. The zero-order valence-electron chi connectivity index (χ0n) is 10.7. The van der Waals surface area contributed by atoms with Crippen molar-refractivity contribution in [1.82, 2.24) is 4.98 Å². The summed E-state index contributed by atoms with van der Waals surface area (Å²) in [4.78, 5) is 14.4. The number of carboxylic acids is 1. The summed E-state index contributed by atoms with van der Waals surface area (Å²) < 4.78 is 0. The highest BCUT2D eigenvalue weighted by Crippen LogP contribution is 2.26. The molecule has 18 heavy (non-hydrogen) atoms. The number of aromatic amines is 1. The standard InChI is InChI=1S/C14H18N2O2/c1-8-6-12-10(4-3-5-15)9(2)16-13(12)7-11(8)14(17)18/h6-7,16H,3-5,15H2,1-2H3,(H,17,18). The van der Waals surface area contributed by atoms with Gasteiger partial charge in [0, 0.05) is 16.6 Å². The molecule has 0 aliphatic rings. The lowest BCUT2D eigenvalue weighted by atomic mass is 10.0. The molecule has 0 aliphatic heterocycles. The molecule has 0 fully saturated rings. The highest BCUT2D eigenvalue weighted by Gasteiger charge is 2.13. The van der Waals surface area contributed by atoms with E-state index >= 15 is 0 Å². The Labute approximate surface area is 106 Å². The summed E-state index contributed by atoms with van der Waals surface area (Å²) in [5.41, 5.74) is 9.93. The van der Waals surface area contributed by atoms with E-state index in [1.54, 1.807) is 6.07 Å². The maximum atomic E-state index is 11.1. The number of nitrogens with one attached hydrogen (secondary N) is 1. The van der Waals surface area contributed by atoms with Crippen molar-refractivity contribution in [2.45, 2.75) is 26.7 Å². The average Bonchev–Trinajstić information content (AvgIpc) is 2.60. The minimum atomic E-state index is -0.884. The van der Waals surface area contributed by atoms with Gasteiger partial charge in [-0.25, -0.2) is 4.79 Å². The fraction of sp³-hybridized carbons (Fsp3) is 0.357. The molecular formula is C14H18N2O2. The lowest BCUT2D eigenvalue weighted by Gasteiger charge is -2.03. The molecule has 0 radical (unpaired) electrons. The van der Waals surface area contributed by atoms with Crippen LogP contribution in [0.2, 0.25) is 0 Å². The first-order valence-electron chi connectivity index (χ1n) is 6.09. The predicted molar refractivity (Wildman–Crippen MR) is 72.1 cm³/mol. The van der Waals surface area contributed by atoms with Crippen molar-refractivity contribution in [2.24, 2.45) is 5.73 Å². The lowest BCUT2D eigenvalue weighted by molar-refractivity contribution is 0.0696. The van der Waals surface area contributed by atoms with E-state index in [-0.39, 0.29) is 0 Å². The normalized spacial score (nSPS) is 11.1. The zero-order chi connectivity index (χ0) is 13.3. The molecule has 0 amide bonds. The van der Waals surface area contributed by atoms with Gasteiger partial charge >= 0.3 is 5.97 Å². The van der Waals surface area contributed by atoms with Crippen LogP contribution in [0, 0.1) is 13.8 Å². The fourth-order valence-electron chi connectivity index (χ4n) is 2.37. The van der Waals surface area contributed by atoms with Gasteiger partial charge in [-0.15, -0.1) is 0 Å². The number of benzene rings is 1. The largest absolute Gasteiger partial charge is 0.478 e. The van der Waals surface area contributed by atoms with Gasteiger partial charge in [-0.05, 0) is 56.5 Å². The first-order chi connectivity index (χ1) is 8.54. The smallest absolute Gasteiger partial charge is 0.336 e. The number of aryl methyl sites for hydroxylation is 3. The van der Waals surface area contributed by atoms with Gasteiger partial charge < -0.3 is 15.8 Å². The first-order valence-corrected chi connectivity index (χ1v) is 6.09. The van der Waals surface area contributed by atoms with Gasteiger partial charge in [0.05, 0.1) is 5.56 Å². The van der Waals surface area contributed by atoms with Crippen LogP contribution in [0.5, 0.6) is 0 Å². The van der Waals surface area contributed by atoms with E-state index in [1.165, 1.54) is 5.56 Å². The van der Waals surface area contributed by atoms with Gasteiger partial charge in [-0.2, -0.15) is 0 Å². The Morgan fingerprint density at radius 2 is 2.11 bits per heavy atom. The van der Waals surface area contributed by atoms with Crippen LogP contribution in [0.25, 0.3) is 10.9 Å². The summed E-state index contributed by atoms with van der Waals surface area (Å²) in [5, 5.41) is 10.2. The number of nitrogens with two attached hydrogens (primary N) is 1. The minimum Gasteiger partial charge on any atom is -0.478 e. The zero-order valence-corrected chi connectivity index (χ0v) is 10.7. The number of H-pyrrole nitrogens is 1. The van der Waals surface area contributed by atoms with Crippen LogP contribution >= 0.6 is 0 Å². The Bertz CT molecular complexity index is 599. The van der Waals surface area contributed by atoms with Crippen LogP contribution in [-0.4, -0.2) is 22.6 Å². The van der Waals surface area contributed by atoms with Crippen molar-refractivity contribution in [3.8, 4) is 0 Å². The minimum absolute atomic E-state index is 0.356. The van der Waals surface area contributed by atoms with Crippen molar-refractivity contribution in [2.75, 3.05) is 6.54 Å².